The first-order valence-corrected chi connectivity index (χ1v) is 7.26. The average molecular weight is 306 g/mol. The molecule has 8 nitrogen and oxygen atoms in total. The van der Waals surface area contributed by atoms with Crippen molar-refractivity contribution < 1.29 is 9.59 Å². The predicted octanol–water partition coefficient (Wildman–Crippen LogP) is -0.0888. The van der Waals surface area contributed by atoms with E-state index < -0.39 is 0 Å². The molecule has 0 spiro atoms. The van der Waals surface area contributed by atoms with Crippen molar-refractivity contribution in [3.63, 3.8) is 0 Å². The summed E-state index contributed by atoms with van der Waals surface area (Å²) in [6, 6.07) is 0. The Labute approximate surface area is 124 Å². The van der Waals surface area contributed by atoms with Crippen molar-refractivity contribution in [2.45, 2.75) is 33.5 Å². The maximum atomic E-state index is 12.1. The Morgan fingerprint density at radius 3 is 3.00 bits per heavy atom. The smallest absolute Gasteiger partial charge is 0.263 e. The number of aromatic nitrogens is 4. The van der Waals surface area contributed by atoms with Crippen molar-refractivity contribution in [1.82, 2.24) is 30.6 Å². The van der Waals surface area contributed by atoms with Crippen LogP contribution in [0.25, 0.3) is 0 Å². The molecule has 1 aliphatic heterocycles. The van der Waals surface area contributed by atoms with Gasteiger partial charge < -0.3 is 10.6 Å². The van der Waals surface area contributed by atoms with E-state index in [-0.39, 0.29) is 24.9 Å². The summed E-state index contributed by atoms with van der Waals surface area (Å²) in [6.45, 7) is 4.51. The molecule has 1 aliphatic rings. The van der Waals surface area contributed by atoms with Gasteiger partial charge in [-0.1, -0.05) is 5.21 Å². The lowest BCUT2D eigenvalue weighted by molar-refractivity contribution is -0.122. The fourth-order valence-electron chi connectivity index (χ4n) is 2.19. The molecule has 2 aromatic heterocycles. The molecule has 0 aliphatic carbocycles. The summed E-state index contributed by atoms with van der Waals surface area (Å²) in [5.41, 5.74) is 2.22. The number of hydrogen-bond acceptors (Lipinski definition) is 6. The topological polar surface area (TPSA) is 102 Å². The van der Waals surface area contributed by atoms with Gasteiger partial charge in [0.15, 0.2) is 0 Å². The average Bonchev–Trinajstić information content (AvgIpc) is 2.98. The highest BCUT2D eigenvalue weighted by Gasteiger charge is 2.21. The number of thiazole rings is 1. The minimum Gasteiger partial charge on any atom is -0.349 e. The second kappa shape index (κ2) is 5.24. The van der Waals surface area contributed by atoms with Crippen LogP contribution in [-0.4, -0.2) is 31.8 Å². The predicted molar refractivity (Wildman–Crippen MR) is 74.6 cm³/mol. The van der Waals surface area contributed by atoms with E-state index in [0.29, 0.717) is 17.1 Å². The molecule has 110 valence electrons. The zero-order chi connectivity index (χ0) is 15.0. The van der Waals surface area contributed by atoms with E-state index >= 15 is 0 Å². The molecule has 0 fully saturated rings. The number of fused-ring (bicyclic) bond motifs is 1. The van der Waals surface area contributed by atoms with Gasteiger partial charge in [0.1, 0.15) is 17.1 Å². The third-order valence-corrected chi connectivity index (χ3v) is 4.26. The Bertz CT molecular complexity index is 719. The molecule has 0 radical (unpaired) electrons. The van der Waals surface area contributed by atoms with Crippen molar-refractivity contribution in [2.24, 2.45) is 0 Å². The normalized spacial score (nSPS) is 13.7. The molecule has 2 N–H and O–H groups in total. The van der Waals surface area contributed by atoms with Gasteiger partial charge in [-0.05, 0) is 13.8 Å². The van der Waals surface area contributed by atoms with Crippen LogP contribution >= 0.6 is 11.3 Å². The Kier molecular flexibility index (Phi) is 3.42. The van der Waals surface area contributed by atoms with E-state index in [9.17, 15) is 9.59 Å². The van der Waals surface area contributed by atoms with Gasteiger partial charge in [0.2, 0.25) is 5.91 Å². The highest BCUT2D eigenvalue weighted by molar-refractivity contribution is 7.13. The maximum absolute atomic E-state index is 12.1. The van der Waals surface area contributed by atoms with Crippen LogP contribution in [0.3, 0.4) is 0 Å². The van der Waals surface area contributed by atoms with Crippen molar-refractivity contribution in [3.8, 4) is 0 Å². The quantitative estimate of drug-likeness (QED) is 0.825. The van der Waals surface area contributed by atoms with Crippen LogP contribution in [0.5, 0.6) is 0 Å². The minimum absolute atomic E-state index is 0.0845. The third kappa shape index (κ3) is 2.64. The maximum Gasteiger partial charge on any atom is 0.263 e. The molecule has 0 bridgehead atoms. The number of aryl methyl sites for hydroxylation is 2. The molecule has 2 aromatic rings. The number of hydrogen-bond donors (Lipinski definition) is 2. The summed E-state index contributed by atoms with van der Waals surface area (Å²) in [5, 5.41) is 14.4. The highest BCUT2D eigenvalue weighted by atomic mass is 32.1. The van der Waals surface area contributed by atoms with E-state index in [1.807, 2.05) is 13.8 Å². The lowest BCUT2D eigenvalue weighted by Crippen LogP contribution is -2.35. The van der Waals surface area contributed by atoms with Crippen molar-refractivity contribution in [1.29, 1.82) is 0 Å². The van der Waals surface area contributed by atoms with Crippen LogP contribution in [0.15, 0.2) is 0 Å². The first kappa shape index (κ1) is 13.7. The summed E-state index contributed by atoms with van der Waals surface area (Å²) in [6.07, 6.45) is 0. The number of rotatable bonds is 3. The largest absolute Gasteiger partial charge is 0.349 e. The van der Waals surface area contributed by atoms with Gasteiger partial charge in [0.05, 0.1) is 29.5 Å². The van der Waals surface area contributed by atoms with Crippen LogP contribution in [0.4, 0.5) is 0 Å². The second-order valence-electron chi connectivity index (χ2n) is 4.75. The lowest BCUT2D eigenvalue weighted by atomic mass is 10.2. The molecule has 0 aromatic carbocycles. The zero-order valence-electron chi connectivity index (χ0n) is 11.6. The van der Waals surface area contributed by atoms with Crippen LogP contribution in [0, 0.1) is 13.8 Å². The number of carbonyl (C=O) groups excluding carboxylic acids is 2. The van der Waals surface area contributed by atoms with Crippen LogP contribution in [0.1, 0.15) is 31.8 Å². The third-order valence-electron chi connectivity index (χ3n) is 3.19. The van der Waals surface area contributed by atoms with E-state index in [4.69, 9.17) is 0 Å². The van der Waals surface area contributed by atoms with Gasteiger partial charge in [-0.25, -0.2) is 9.67 Å². The second-order valence-corrected chi connectivity index (χ2v) is 5.95. The summed E-state index contributed by atoms with van der Waals surface area (Å²) >= 11 is 1.37. The Morgan fingerprint density at radius 2 is 2.29 bits per heavy atom. The first-order valence-electron chi connectivity index (χ1n) is 6.44. The molecule has 0 saturated heterocycles. The van der Waals surface area contributed by atoms with Crippen LogP contribution in [0.2, 0.25) is 0 Å². The van der Waals surface area contributed by atoms with Crippen molar-refractivity contribution in [3.05, 3.63) is 27.0 Å². The molecule has 3 heterocycles. The van der Waals surface area contributed by atoms with E-state index in [1.54, 1.807) is 4.68 Å². The summed E-state index contributed by atoms with van der Waals surface area (Å²) < 4.78 is 1.56. The highest BCUT2D eigenvalue weighted by Crippen LogP contribution is 2.17. The summed E-state index contributed by atoms with van der Waals surface area (Å²) in [5.74, 6) is -0.251. The molecule has 0 saturated carbocycles. The van der Waals surface area contributed by atoms with Crippen LogP contribution < -0.4 is 10.6 Å². The number of nitrogens with zero attached hydrogens (tertiary/aromatic N) is 4. The fraction of sp³-hybridized carbons (Fsp3) is 0.417. The van der Waals surface area contributed by atoms with Crippen molar-refractivity contribution in [2.75, 3.05) is 0 Å². The summed E-state index contributed by atoms with van der Waals surface area (Å²) in [7, 11) is 0. The Hall–Kier alpha value is -2.29. The Balaban J connectivity index is 1.70. The van der Waals surface area contributed by atoms with E-state index in [1.165, 1.54) is 11.3 Å². The van der Waals surface area contributed by atoms with Gasteiger partial charge in [-0.2, -0.15) is 0 Å². The fourth-order valence-corrected chi connectivity index (χ4v) is 3.02. The zero-order valence-corrected chi connectivity index (χ0v) is 12.5. The van der Waals surface area contributed by atoms with E-state index in [2.05, 4.69) is 25.9 Å². The van der Waals surface area contributed by atoms with Gasteiger partial charge in [0.25, 0.3) is 5.91 Å². The van der Waals surface area contributed by atoms with Gasteiger partial charge >= 0.3 is 0 Å². The van der Waals surface area contributed by atoms with Gasteiger partial charge in [0, 0.05) is 0 Å². The standard InChI is InChI=1S/C12H14N6O2S/c1-6-11(21-7(2)15-6)12(20)14-3-8-9-4-13-10(19)5-18(9)17-16-8/h3-5H2,1-2H3,(H,13,19)(H,14,20). The molecule has 9 heteroatoms. The molecular weight excluding hydrogens is 292 g/mol. The van der Waals surface area contributed by atoms with Crippen molar-refractivity contribution >= 4 is 23.2 Å². The number of amides is 2. The first-order chi connectivity index (χ1) is 10.0. The minimum atomic E-state index is -0.167. The van der Waals surface area contributed by atoms with Gasteiger partial charge in [-0.15, -0.1) is 16.4 Å². The molecule has 0 atom stereocenters. The molecule has 3 rings (SSSR count). The molecule has 0 unspecified atom stereocenters. The molecule has 2 amide bonds. The summed E-state index contributed by atoms with van der Waals surface area (Å²) in [4.78, 5) is 28.2. The lowest BCUT2D eigenvalue weighted by Gasteiger charge is -2.14. The number of nitrogens with one attached hydrogen (secondary N) is 2. The van der Waals surface area contributed by atoms with Gasteiger partial charge in [-0.3, -0.25) is 9.59 Å². The SMILES string of the molecule is Cc1nc(C)c(C(=O)NCc2nnn3c2CNC(=O)C3)s1. The molecule has 21 heavy (non-hydrogen) atoms. The van der Waals surface area contributed by atoms with E-state index in [0.717, 1.165) is 16.4 Å². The molecular formula is C12H14N6O2S. The monoisotopic (exact) mass is 306 g/mol. The van der Waals surface area contributed by atoms with Crippen LogP contribution in [-0.2, 0) is 24.4 Å². The number of carbonyl (C=O) groups is 2. The Morgan fingerprint density at radius 1 is 1.48 bits per heavy atom.